The summed E-state index contributed by atoms with van der Waals surface area (Å²) in [5, 5.41) is 2.58. The van der Waals surface area contributed by atoms with E-state index >= 15 is 0 Å². The molecule has 1 rings (SSSR count). The van der Waals surface area contributed by atoms with Gasteiger partial charge in [0.2, 0.25) is 17.6 Å². The minimum absolute atomic E-state index is 0.106. The number of H-pyrrole nitrogens is 1. The number of nitrogens with two attached hydrogens (primary N) is 1. The summed E-state index contributed by atoms with van der Waals surface area (Å²) in [5.41, 5.74) is 5.14. The Labute approximate surface area is 130 Å². The molecule has 0 saturated carbocycles. The smallest absolute Gasteiger partial charge is 0.220 e. The van der Waals surface area contributed by atoms with Crippen LogP contribution in [-0.2, 0) is 9.59 Å². The monoisotopic (exact) mass is 308 g/mol. The van der Waals surface area contributed by atoms with Crippen molar-refractivity contribution in [3.05, 3.63) is 18.2 Å². The van der Waals surface area contributed by atoms with Crippen molar-refractivity contribution in [2.24, 2.45) is 5.73 Å². The number of aromatic amines is 1. The number of unbranched alkanes of at least 4 members (excludes halogenated alkanes) is 4. The van der Waals surface area contributed by atoms with E-state index < -0.39 is 17.7 Å². The molecule has 0 spiro atoms. The molecular weight excluding hydrogens is 284 g/mol. The summed E-state index contributed by atoms with van der Waals surface area (Å²) in [6.45, 7) is 2.13. The van der Waals surface area contributed by atoms with Gasteiger partial charge in [0.25, 0.3) is 0 Å². The highest BCUT2D eigenvalue weighted by Crippen LogP contribution is 2.06. The molecule has 0 bridgehead atoms. The largest absolute Gasteiger partial charge is 0.370 e. The molecule has 0 aliphatic heterocycles. The number of nitrogens with one attached hydrogen (secondary N) is 2. The van der Waals surface area contributed by atoms with E-state index in [-0.39, 0.29) is 18.2 Å². The third-order valence-electron chi connectivity index (χ3n) is 3.30. The summed E-state index contributed by atoms with van der Waals surface area (Å²) in [6.07, 6.45) is 8.19. The number of hydrogen-bond donors (Lipinski definition) is 3. The van der Waals surface area contributed by atoms with Gasteiger partial charge in [0.05, 0.1) is 6.42 Å². The summed E-state index contributed by atoms with van der Waals surface area (Å²) in [7, 11) is 0. The van der Waals surface area contributed by atoms with Crippen molar-refractivity contribution in [2.75, 3.05) is 0 Å². The summed E-state index contributed by atoms with van der Waals surface area (Å²) in [6, 6.07) is -0.966. The number of aromatic nitrogens is 2. The van der Waals surface area contributed by atoms with Gasteiger partial charge in [0.15, 0.2) is 5.82 Å². The molecule has 4 N–H and O–H groups in total. The maximum Gasteiger partial charge on any atom is 0.220 e. The first-order valence-electron chi connectivity index (χ1n) is 7.65. The minimum Gasteiger partial charge on any atom is -0.370 e. The Bertz CT molecular complexity index is 485. The van der Waals surface area contributed by atoms with E-state index in [0.717, 1.165) is 32.1 Å². The SMILES string of the molecule is CCCCCCCC(=O)N[C@H](CC(N)=O)C(=O)c1ncc[nH]1. The standard InChI is InChI=1S/C15H24N4O3/c1-2-3-4-5-6-7-13(21)19-11(10-12(16)20)14(22)15-17-8-9-18-15/h8-9,11H,2-7,10H2,1H3,(H2,16,20)(H,17,18)(H,19,21)/t11-/m1/s1. The minimum atomic E-state index is -0.966. The third kappa shape index (κ3) is 6.51. The number of carbonyl (C=O) groups excluding carboxylic acids is 3. The molecule has 7 heteroatoms. The fourth-order valence-electron chi connectivity index (χ4n) is 2.13. The van der Waals surface area contributed by atoms with Gasteiger partial charge >= 0.3 is 0 Å². The number of primary amides is 1. The van der Waals surface area contributed by atoms with Gasteiger partial charge in [-0.25, -0.2) is 4.98 Å². The summed E-state index contributed by atoms with van der Waals surface area (Å²) in [5.74, 6) is -1.23. The van der Waals surface area contributed by atoms with Crippen LogP contribution in [-0.4, -0.2) is 33.6 Å². The Morgan fingerprint density at radius 3 is 2.59 bits per heavy atom. The second-order valence-corrected chi connectivity index (χ2v) is 5.26. The van der Waals surface area contributed by atoms with Crippen LogP contribution in [0.25, 0.3) is 0 Å². The predicted molar refractivity (Wildman–Crippen MR) is 82.0 cm³/mol. The lowest BCUT2D eigenvalue weighted by atomic mass is 10.1. The number of imidazole rings is 1. The fraction of sp³-hybridized carbons (Fsp3) is 0.600. The van der Waals surface area contributed by atoms with E-state index in [4.69, 9.17) is 5.73 Å². The number of carbonyl (C=O) groups is 3. The van der Waals surface area contributed by atoms with E-state index in [0.29, 0.717) is 6.42 Å². The van der Waals surface area contributed by atoms with E-state index in [1.54, 1.807) is 0 Å². The lowest BCUT2D eigenvalue weighted by Gasteiger charge is -2.15. The van der Waals surface area contributed by atoms with Gasteiger partial charge in [0, 0.05) is 18.8 Å². The van der Waals surface area contributed by atoms with Crippen LogP contribution in [0.1, 0.15) is 62.5 Å². The zero-order chi connectivity index (χ0) is 16.4. The van der Waals surface area contributed by atoms with Crippen LogP contribution in [0.15, 0.2) is 12.4 Å². The van der Waals surface area contributed by atoms with Crippen LogP contribution in [0.2, 0.25) is 0 Å². The maximum atomic E-state index is 12.2. The summed E-state index contributed by atoms with van der Waals surface area (Å²) in [4.78, 5) is 41.7. The predicted octanol–water partition coefficient (Wildman–Crippen LogP) is 1.31. The topological polar surface area (TPSA) is 118 Å². The molecule has 0 aromatic carbocycles. The van der Waals surface area contributed by atoms with E-state index in [9.17, 15) is 14.4 Å². The molecule has 0 aliphatic carbocycles. The molecular formula is C15H24N4O3. The van der Waals surface area contributed by atoms with Gasteiger partial charge in [-0.1, -0.05) is 32.6 Å². The lowest BCUT2D eigenvalue weighted by molar-refractivity contribution is -0.122. The first kappa shape index (κ1) is 17.9. The summed E-state index contributed by atoms with van der Waals surface area (Å²) < 4.78 is 0. The second kappa shape index (κ2) is 9.70. The highest BCUT2D eigenvalue weighted by atomic mass is 16.2. The van der Waals surface area contributed by atoms with E-state index in [1.807, 2.05) is 0 Å². The Morgan fingerprint density at radius 2 is 2.00 bits per heavy atom. The van der Waals surface area contributed by atoms with Gasteiger partial charge in [-0.2, -0.15) is 0 Å². The van der Waals surface area contributed by atoms with Crippen LogP contribution >= 0.6 is 0 Å². The Hall–Kier alpha value is -2.18. The first-order chi connectivity index (χ1) is 10.5. The quantitative estimate of drug-likeness (QED) is 0.422. The van der Waals surface area contributed by atoms with Crippen LogP contribution in [0, 0.1) is 0 Å². The summed E-state index contributed by atoms with van der Waals surface area (Å²) >= 11 is 0. The molecule has 22 heavy (non-hydrogen) atoms. The van der Waals surface area contributed by atoms with Crippen molar-refractivity contribution < 1.29 is 14.4 Å². The van der Waals surface area contributed by atoms with Crippen molar-refractivity contribution >= 4 is 17.6 Å². The van der Waals surface area contributed by atoms with Crippen LogP contribution in [0.4, 0.5) is 0 Å². The highest BCUT2D eigenvalue weighted by molar-refractivity contribution is 6.01. The molecule has 0 radical (unpaired) electrons. The molecule has 7 nitrogen and oxygen atoms in total. The zero-order valence-electron chi connectivity index (χ0n) is 12.9. The molecule has 122 valence electrons. The van der Waals surface area contributed by atoms with Gasteiger partial charge < -0.3 is 16.0 Å². The molecule has 1 atom stereocenters. The van der Waals surface area contributed by atoms with Gasteiger partial charge in [-0.15, -0.1) is 0 Å². The zero-order valence-corrected chi connectivity index (χ0v) is 12.9. The van der Waals surface area contributed by atoms with Crippen LogP contribution in [0.3, 0.4) is 0 Å². The molecule has 2 amide bonds. The Balaban J connectivity index is 2.49. The van der Waals surface area contributed by atoms with Crippen molar-refractivity contribution in [2.45, 2.75) is 57.9 Å². The molecule has 1 aromatic heterocycles. The van der Waals surface area contributed by atoms with Gasteiger partial charge in [-0.3, -0.25) is 14.4 Å². The Kier molecular flexibility index (Phi) is 7.88. The maximum absolute atomic E-state index is 12.2. The number of rotatable bonds is 11. The molecule has 0 unspecified atom stereocenters. The fourth-order valence-corrected chi connectivity index (χ4v) is 2.13. The van der Waals surface area contributed by atoms with Crippen LogP contribution < -0.4 is 11.1 Å². The van der Waals surface area contributed by atoms with Crippen molar-refractivity contribution in [1.29, 1.82) is 0 Å². The molecule has 0 saturated heterocycles. The van der Waals surface area contributed by atoms with Gasteiger partial charge in [-0.05, 0) is 6.42 Å². The molecule has 0 aliphatic rings. The molecule has 1 heterocycles. The number of amides is 2. The number of Topliss-reactive ketones (excluding diaryl/α,β-unsaturated/α-hetero) is 1. The van der Waals surface area contributed by atoms with Crippen molar-refractivity contribution in [3.8, 4) is 0 Å². The molecule has 0 fully saturated rings. The lowest BCUT2D eigenvalue weighted by Crippen LogP contribution is -2.43. The van der Waals surface area contributed by atoms with Gasteiger partial charge in [0.1, 0.15) is 6.04 Å². The van der Waals surface area contributed by atoms with E-state index in [1.165, 1.54) is 12.4 Å². The second-order valence-electron chi connectivity index (χ2n) is 5.26. The average Bonchev–Trinajstić information content (AvgIpc) is 2.99. The number of hydrogen-bond acceptors (Lipinski definition) is 4. The average molecular weight is 308 g/mol. The number of ketones is 1. The Morgan fingerprint density at radius 1 is 1.27 bits per heavy atom. The normalized spacial score (nSPS) is 11.9. The number of nitrogens with zero attached hydrogens (tertiary/aromatic N) is 1. The first-order valence-corrected chi connectivity index (χ1v) is 7.65. The highest BCUT2D eigenvalue weighted by Gasteiger charge is 2.25. The van der Waals surface area contributed by atoms with Crippen molar-refractivity contribution in [3.63, 3.8) is 0 Å². The third-order valence-corrected chi connectivity index (χ3v) is 3.30. The molecule has 1 aromatic rings. The van der Waals surface area contributed by atoms with Crippen LogP contribution in [0.5, 0.6) is 0 Å². The van der Waals surface area contributed by atoms with Crippen molar-refractivity contribution in [1.82, 2.24) is 15.3 Å². The van der Waals surface area contributed by atoms with E-state index in [2.05, 4.69) is 22.2 Å².